The number of para-hydroxylation sites is 1. The molecule has 20 heavy (non-hydrogen) atoms. The monoisotopic (exact) mass is 267 g/mol. The SMILES string of the molecule is Cc1cc(N2c3ccccc3CCC2C)c(CN)cn1. The van der Waals surface area contributed by atoms with Crippen LogP contribution in [0.15, 0.2) is 36.5 Å². The van der Waals surface area contributed by atoms with Gasteiger partial charge in [0, 0.05) is 41.4 Å². The first kappa shape index (κ1) is 13.1. The van der Waals surface area contributed by atoms with Crippen molar-refractivity contribution in [2.45, 2.75) is 39.3 Å². The number of pyridine rings is 1. The fourth-order valence-electron chi connectivity index (χ4n) is 3.01. The number of nitrogens with zero attached hydrogens (tertiary/aromatic N) is 2. The topological polar surface area (TPSA) is 42.1 Å². The number of hydrogen-bond donors (Lipinski definition) is 1. The fourth-order valence-corrected chi connectivity index (χ4v) is 3.01. The van der Waals surface area contributed by atoms with Gasteiger partial charge < -0.3 is 10.6 Å². The minimum atomic E-state index is 0.483. The summed E-state index contributed by atoms with van der Waals surface area (Å²) < 4.78 is 0. The van der Waals surface area contributed by atoms with Crippen molar-refractivity contribution in [3.63, 3.8) is 0 Å². The highest BCUT2D eigenvalue weighted by Gasteiger charge is 2.25. The first-order valence-electron chi connectivity index (χ1n) is 7.23. The molecule has 2 N–H and O–H groups in total. The lowest BCUT2D eigenvalue weighted by atomic mass is 9.95. The summed E-state index contributed by atoms with van der Waals surface area (Å²) in [4.78, 5) is 6.81. The van der Waals surface area contributed by atoms with E-state index in [0.29, 0.717) is 12.6 Å². The second-order valence-corrected chi connectivity index (χ2v) is 5.54. The standard InChI is InChI=1S/C17H21N3/c1-12-9-17(15(10-18)11-19-12)20-13(2)7-8-14-5-3-4-6-16(14)20/h3-6,9,11,13H,7-8,10,18H2,1-2H3. The molecule has 0 spiro atoms. The Morgan fingerprint density at radius 3 is 2.90 bits per heavy atom. The lowest BCUT2D eigenvalue weighted by molar-refractivity contribution is 0.616. The molecule has 0 aliphatic carbocycles. The number of rotatable bonds is 2. The predicted molar refractivity (Wildman–Crippen MR) is 83.2 cm³/mol. The molecule has 1 unspecified atom stereocenters. The van der Waals surface area contributed by atoms with E-state index < -0.39 is 0 Å². The summed E-state index contributed by atoms with van der Waals surface area (Å²) >= 11 is 0. The van der Waals surface area contributed by atoms with E-state index in [9.17, 15) is 0 Å². The molecule has 3 nitrogen and oxygen atoms in total. The van der Waals surface area contributed by atoms with Gasteiger partial charge in [-0.2, -0.15) is 0 Å². The van der Waals surface area contributed by atoms with E-state index in [1.807, 2.05) is 13.1 Å². The summed E-state index contributed by atoms with van der Waals surface area (Å²) in [6.07, 6.45) is 4.23. The van der Waals surface area contributed by atoms with Crippen molar-refractivity contribution in [1.29, 1.82) is 0 Å². The van der Waals surface area contributed by atoms with Crippen LogP contribution in [-0.4, -0.2) is 11.0 Å². The summed E-state index contributed by atoms with van der Waals surface area (Å²) in [5.41, 5.74) is 12.0. The summed E-state index contributed by atoms with van der Waals surface area (Å²) in [6.45, 7) is 4.84. The first-order valence-corrected chi connectivity index (χ1v) is 7.23. The van der Waals surface area contributed by atoms with Gasteiger partial charge in [-0.15, -0.1) is 0 Å². The average molecular weight is 267 g/mol. The zero-order valence-corrected chi connectivity index (χ0v) is 12.1. The van der Waals surface area contributed by atoms with Crippen LogP contribution in [0.2, 0.25) is 0 Å². The quantitative estimate of drug-likeness (QED) is 0.907. The second-order valence-electron chi connectivity index (χ2n) is 5.54. The highest BCUT2D eigenvalue weighted by molar-refractivity contribution is 5.71. The Bertz CT molecular complexity index is 621. The Labute approximate surface area is 120 Å². The molecular weight excluding hydrogens is 246 g/mol. The second kappa shape index (κ2) is 5.25. The molecule has 1 aliphatic rings. The molecule has 0 saturated carbocycles. The summed E-state index contributed by atoms with van der Waals surface area (Å²) in [7, 11) is 0. The van der Waals surface area contributed by atoms with Gasteiger partial charge in [-0.1, -0.05) is 18.2 Å². The van der Waals surface area contributed by atoms with Crippen molar-refractivity contribution in [1.82, 2.24) is 4.98 Å². The van der Waals surface area contributed by atoms with Crippen LogP contribution in [-0.2, 0) is 13.0 Å². The van der Waals surface area contributed by atoms with E-state index in [-0.39, 0.29) is 0 Å². The number of benzene rings is 1. The number of aryl methyl sites for hydroxylation is 2. The Hall–Kier alpha value is -1.87. The minimum absolute atomic E-state index is 0.483. The third-order valence-corrected chi connectivity index (χ3v) is 4.10. The Morgan fingerprint density at radius 2 is 2.10 bits per heavy atom. The van der Waals surface area contributed by atoms with Gasteiger partial charge in [0.1, 0.15) is 0 Å². The molecule has 0 bridgehead atoms. The van der Waals surface area contributed by atoms with Crippen LogP contribution < -0.4 is 10.6 Å². The number of anilines is 2. The zero-order valence-electron chi connectivity index (χ0n) is 12.1. The van der Waals surface area contributed by atoms with E-state index in [2.05, 4.69) is 47.1 Å². The highest BCUT2D eigenvalue weighted by atomic mass is 15.2. The maximum Gasteiger partial charge on any atom is 0.0492 e. The molecule has 1 aromatic heterocycles. The van der Waals surface area contributed by atoms with Gasteiger partial charge in [0.2, 0.25) is 0 Å². The first-order chi connectivity index (χ1) is 9.70. The molecule has 0 fully saturated rings. The molecule has 1 atom stereocenters. The van der Waals surface area contributed by atoms with Gasteiger partial charge in [0.05, 0.1) is 0 Å². The molecule has 2 aromatic rings. The van der Waals surface area contributed by atoms with Gasteiger partial charge in [0.15, 0.2) is 0 Å². The molecule has 3 heteroatoms. The summed E-state index contributed by atoms with van der Waals surface area (Å²) in [6, 6.07) is 11.3. The average Bonchev–Trinajstić information content (AvgIpc) is 2.47. The maximum absolute atomic E-state index is 5.91. The Kier molecular flexibility index (Phi) is 3.45. The molecule has 0 amide bonds. The summed E-state index contributed by atoms with van der Waals surface area (Å²) in [5, 5.41) is 0. The predicted octanol–water partition coefficient (Wildman–Crippen LogP) is 3.32. The van der Waals surface area contributed by atoms with E-state index in [4.69, 9.17) is 5.73 Å². The van der Waals surface area contributed by atoms with Gasteiger partial charge in [-0.05, 0) is 44.4 Å². The van der Waals surface area contributed by atoms with Gasteiger partial charge in [0.25, 0.3) is 0 Å². The van der Waals surface area contributed by atoms with E-state index in [1.165, 1.54) is 23.4 Å². The van der Waals surface area contributed by atoms with Gasteiger partial charge >= 0.3 is 0 Å². The molecule has 104 valence electrons. The van der Waals surface area contributed by atoms with Crippen molar-refractivity contribution in [2.24, 2.45) is 5.73 Å². The van der Waals surface area contributed by atoms with Crippen molar-refractivity contribution in [3.05, 3.63) is 53.3 Å². The number of nitrogens with two attached hydrogens (primary N) is 1. The van der Waals surface area contributed by atoms with Gasteiger partial charge in [-0.25, -0.2) is 0 Å². The fraction of sp³-hybridized carbons (Fsp3) is 0.353. The van der Waals surface area contributed by atoms with Gasteiger partial charge in [-0.3, -0.25) is 4.98 Å². The van der Waals surface area contributed by atoms with Crippen LogP contribution in [0.25, 0.3) is 0 Å². The molecule has 3 rings (SSSR count). The van der Waals surface area contributed by atoms with E-state index in [1.54, 1.807) is 0 Å². The smallest absolute Gasteiger partial charge is 0.0492 e. The van der Waals surface area contributed by atoms with Crippen LogP contribution >= 0.6 is 0 Å². The van der Waals surface area contributed by atoms with Crippen LogP contribution in [0.3, 0.4) is 0 Å². The highest BCUT2D eigenvalue weighted by Crippen LogP contribution is 2.38. The number of fused-ring (bicyclic) bond motifs is 1. The molecular formula is C17H21N3. The zero-order chi connectivity index (χ0) is 14.1. The van der Waals surface area contributed by atoms with Crippen LogP contribution in [0.1, 0.15) is 30.2 Å². The Balaban J connectivity index is 2.16. The van der Waals surface area contributed by atoms with Crippen LogP contribution in [0.5, 0.6) is 0 Å². The lowest BCUT2D eigenvalue weighted by Crippen LogP contribution is -2.34. The third kappa shape index (κ3) is 2.18. The van der Waals surface area contributed by atoms with Crippen molar-refractivity contribution < 1.29 is 0 Å². The Morgan fingerprint density at radius 1 is 1.30 bits per heavy atom. The molecule has 0 radical (unpaired) electrons. The minimum Gasteiger partial charge on any atom is -0.338 e. The lowest BCUT2D eigenvalue weighted by Gasteiger charge is -2.38. The summed E-state index contributed by atoms with van der Waals surface area (Å²) in [5.74, 6) is 0. The van der Waals surface area contributed by atoms with Crippen molar-refractivity contribution >= 4 is 11.4 Å². The molecule has 1 aliphatic heterocycles. The number of aromatic nitrogens is 1. The van der Waals surface area contributed by atoms with Crippen LogP contribution in [0, 0.1) is 6.92 Å². The normalized spacial score (nSPS) is 17.9. The van der Waals surface area contributed by atoms with Crippen molar-refractivity contribution in [2.75, 3.05) is 4.90 Å². The molecule has 2 heterocycles. The maximum atomic E-state index is 5.91. The third-order valence-electron chi connectivity index (χ3n) is 4.10. The number of hydrogen-bond acceptors (Lipinski definition) is 3. The van der Waals surface area contributed by atoms with E-state index in [0.717, 1.165) is 17.7 Å². The largest absolute Gasteiger partial charge is 0.338 e. The van der Waals surface area contributed by atoms with Crippen LogP contribution in [0.4, 0.5) is 11.4 Å². The van der Waals surface area contributed by atoms with Crippen molar-refractivity contribution in [3.8, 4) is 0 Å². The van der Waals surface area contributed by atoms with E-state index >= 15 is 0 Å². The molecule has 1 aromatic carbocycles. The molecule has 0 saturated heterocycles.